The minimum atomic E-state index is -0.367. The maximum atomic E-state index is 12.5. The number of likely N-dealkylation sites (tertiary alicyclic amines) is 1. The fourth-order valence-electron chi connectivity index (χ4n) is 3.43. The van der Waals surface area contributed by atoms with E-state index >= 15 is 0 Å². The zero-order chi connectivity index (χ0) is 20.2. The van der Waals surface area contributed by atoms with Gasteiger partial charge in [-0.3, -0.25) is 14.4 Å². The highest BCUT2D eigenvalue weighted by atomic mass is 35.5. The summed E-state index contributed by atoms with van der Waals surface area (Å²) < 4.78 is 7.40. The van der Waals surface area contributed by atoms with Crippen LogP contribution in [0.15, 0.2) is 47.0 Å². The zero-order valence-electron chi connectivity index (χ0n) is 15.9. The van der Waals surface area contributed by atoms with E-state index in [-0.39, 0.29) is 11.7 Å². The molecule has 0 bridgehead atoms. The maximum Gasteiger partial charge on any atom is 0.292 e. The molecular formula is C21H22Cl2N4O2. The van der Waals surface area contributed by atoms with Crippen molar-refractivity contribution < 1.29 is 9.21 Å². The second-order valence-corrected chi connectivity index (χ2v) is 8.05. The van der Waals surface area contributed by atoms with Crippen LogP contribution in [0.2, 0.25) is 10.0 Å². The Morgan fingerprint density at radius 1 is 1.03 bits per heavy atom. The van der Waals surface area contributed by atoms with Crippen molar-refractivity contribution in [3.05, 3.63) is 69.7 Å². The van der Waals surface area contributed by atoms with E-state index in [0.29, 0.717) is 22.4 Å². The van der Waals surface area contributed by atoms with Crippen LogP contribution in [0.4, 0.5) is 5.82 Å². The average Bonchev–Trinajstić information content (AvgIpc) is 3.31. The highest BCUT2D eigenvalue weighted by Crippen LogP contribution is 2.22. The highest BCUT2D eigenvalue weighted by Gasteiger charge is 2.17. The number of carbonyl (C=O) groups is 1. The van der Waals surface area contributed by atoms with Crippen molar-refractivity contribution in [1.29, 1.82) is 0 Å². The molecule has 4 rings (SSSR count). The summed E-state index contributed by atoms with van der Waals surface area (Å²) in [6.45, 7) is 3.39. The van der Waals surface area contributed by atoms with Crippen molar-refractivity contribution in [3.63, 3.8) is 0 Å². The molecular weight excluding hydrogens is 411 g/mol. The Bertz CT molecular complexity index is 975. The van der Waals surface area contributed by atoms with Crippen LogP contribution in [0.1, 0.15) is 41.1 Å². The number of halogens is 2. The largest absolute Gasteiger partial charge is 0.455 e. The Kier molecular flexibility index (Phi) is 6.23. The highest BCUT2D eigenvalue weighted by molar-refractivity contribution is 6.33. The Morgan fingerprint density at radius 2 is 1.79 bits per heavy atom. The summed E-state index contributed by atoms with van der Waals surface area (Å²) in [5, 5.41) is 8.14. The standard InChI is InChI=1S/C21H22Cl2N4O2/c22-16-6-4-15(5-7-16)12-27-14-18(23)20(25-27)24-21(28)19-9-8-17(29-19)13-26-10-2-1-3-11-26/h4-9,14H,1-3,10-13H2,(H,24,25,28). The van der Waals surface area contributed by atoms with Crippen LogP contribution < -0.4 is 5.32 Å². The first-order valence-electron chi connectivity index (χ1n) is 9.66. The molecule has 152 valence electrons. The van der Waals surface area contributed by atoms with Crippen LogP contribution >= 0.6 is 23.2 Å². The lowest BCUT2D eigenvalue weighted by Crippen LogP contribution is -2.28. The minimum absolute atomic E-state index is 0.250. The number of nitrogens with one attached hydrogen (secondary N) is 1. The summed E-state index contributed by atoms with van der Waals surface area (Å²) in [7, 11) is 0. The Hall–Kier alpha value is -2.28. The van der Waals surface area contributed by atoms with Crippen molar-refractivity contribution in [2.24, 2.45) is 0 Å². The molecule has 3 heterocycles. The normalized spacial score (nSPS) is 14.8. The molecule has 1 saturated heterocycles. The summed E-state index contributed by atoms with van der Waals surface area (Å²) in [4.78, 5) is 14.9. The van der Waals surface area contributed by atoms with Crippen LogP contribution in [0.25, 0.3) is 0 Å². The average molecular weight is 433 g/mol. The van der Waals surface area contributed by atoms with Gasteiger partial charge in [-0.1, -0.05) is 41.8 Å². The first kappa shape index (κ1) is 20.0. The molecule has 1 aliphatic heterocycles. The van der Waals surface area contributed by atoms with Crippen molar-refractivity contribution in [1.82, 2.24) is 14.7 Å². The van der Waals surface area contributed by atoms with Crippen molar-refractivity contribution >= 4 is 34.9 Å². The number of carbonyl (C=O) groups excluding carboxylic acids is 1. The smallest absolute Gasteiger partial charge is 0.292 e. The van der Waals surface area contributed by atoms with Gasteiger partial charge in [-0.15, -0.1) is 0 Å². The Morgan fingerprint density at radius 3 is 2.55 bits per heavy atom. The molecule has 2 aromatic heterocycles. The van der Waals surface area contributed by atoms with E-state index in [4.69, 9.17) is 27.6 Å². The van der Waals surface area contributed by atoms with Crippen molar-refractivity contribution in [2.45, 2.75) is 32.4 Å². The fourth-order valence-corrected chi connectivity index (χ4v) is 3.76. The lowest BCUT2D eigenvalue weighted by Gasteiger charge is -2.25. The molecule has 0 aliphatic carbocycles. The molecule has 1 fully saturated rings. The van der Waals surface area contributed by atoms with Crippen LogP contribution in [-0.2, 0) is 13.1 Å². The molecule has 0 spiro atoms. The first-order valence-corrected chi connectivity index (χ1v) is 10.4. The van der Waals surface area contributed by atoms with Crippen LogP contribution in [0.3, 0.4) is 0 Å². The predicted octanol–water partition coefficient (Wildman–Crippen LogP) is 5.07. The summed E-state index contributed by atoms with van der Waals surface area (Å²) in [5.41, 5.74) is 1.03. The van der Waals surface area contributed by atoms with E-state index in [1.165, 1.54) is 19.3 Å². The lowest BCUT2D eigenvalue weighted by atomic mass is 10.1. The third-order valence-corrected chi connectivity index (χ3v) is 5.45. The number of hydrogen-bond acceptors (Lipinski definition) is 4. The van der Waals surface area contributed by atoms with Crippen LogP contribution in [0, 0.1) is 0 Å². The molecule has 8 heteroatoms. The summed E-state index contributed by atoms with van der Waals surface area (Å²) in [6, 6.07) is 11.0. The fraction of sp³-hybridized carbons (Fsp3) is 0.333. The summed E-state index contributed by atoms with van der Waals surface area (Å²) >= 11 is 12.2. The van der Waals surface area contributed by atoms with E-state index < -0.39 is 0 Å². The van der Waals surface area contributed by atoms with Gasteiger partial charge in [0.15, 0.2) is 11.6 Å². The third kappa shape index (κ3) is 5.21. The van der Waals surface area contributed by atoms with Gasteiger partial charge in [-0.2, -0.15) is 5.10 Å². The maximum absolute atomic E-state index is 12.5. The topological polar surface area (TPSA) is 63.3 Å². The molecule has 1 N–H and O–H groups in total. The van der Waals surface area contributed by atoms with Crippen molar-refractivity contribution in [2.75, 3.05) is 18.4 Å². The van der Waals surface area contributed by atoms with Gasteiger partial charge in [0.05, 0.1) is 13.1 Å². The quantitative estimate of drug-likeness (QED) is 0.590. The third-order valence-electron chi connectivity index (χ3n) is 4.92. The van der Waals surface area contributed by atoms with Gasteiger partial charge < -0.3 is 9.73 Å². The number of amides is 1. The molecule has 1 aromatic carbocycles. The van der Waals surface area contributed by atoms with Gasteiger partial charge in [0.2, 0.25) is 0 Å². The number of rotatable bonds is 6. The Balaban J connectivity index is 1.38. The molecule has 1 aliphatic rings. The van der Waals surface area contributed by atoms with E-state index in [9.17, 15) is 4.79 Å². The van der Waals surface area contributed by atoms with E-state index in [2.05, 4.69) is 15.3 Å². The number of hydrogen-bond donors (Lipinski definition) is 1. The summed E-state index contributed by atoms with van der Waals surface area (Å²) in [5.74, 6) is 0.977. The van der Waals surface area contributed by atoms with Gasteiger partial charge in [0.25, 0.3) is 5.91 Å². The molecule has 0 unspecified atom stereocenters. The second-order valence-electron chi connectivity index (χ2n) is 7.21. The molecule has 0 atom stereocenters. The van der Waals surface area contributed by atoms with Gasteiger partial charge >= 0.3 is 0 Å². The number of benzene rings is 1. The zero-order valence-corrected chi connectivity index (χ0v) is 17.4. The minimum Gasteiger partial charge on any atom is -0.455 e. The van der Waals surface area contributed by atoms with Gasteiger partial charge in [-0.05, 0) is 55.8 Å². The summed E-state index contributed by atoms with van der Waals surface area (Å²) in [6.07, 6.45) is 5.39. The number of anilines is 1. The predicted molar refractivity (Wildman–Crippen MR) is 114 cm³/mol. The van der Waals surface area contributed by atoms with Crippen LogP contribution in [0.5, 0.6) is 0 Å². The van der Waals surface area contributed by atoms with E-state index in [1.807, 2.05) is 30.3 Å². The molecule has 0 saturated carbocycles. The molecule has 6 nitrogen and oxygen atoms in total. The second kappa shape index (κ2) is 9.03. The molecule has 1 amide bonds. The van der Waals surface area contributed by atoms with Gasteiger partial charge in [0.1, 0.15) is 10.8 Å². The SMILES string of the molecule is O=C(Nc1nn(Cc2ccc(Cl)cc2)cc1Cl)c1ccc(CN2CCCCC2)o1. The van der Waals surface area contributed by atoms with Gasteiger partial charge in [-0.25, -0.2) is 0 Å². The van der Waals surface area contributed by atoms with E-state index in [1.54, 1.807) is 16.9 Å². The number of piperidine rings is 1. The van der Waals surface area contributed by atoms with Gasteiger partial charge in [0, 0.05) is 11.2 Å². The van der Waals surface area contributed by atoms with E-state index in [0.717, 1.165) is 31.0 Å². The number of aromatic nitrogens is 2. The van der Waals surface area contributed by atoms with Crippen LogP contribution in [-0.4, -0.2) is 33.7 Å². The monoisotopic (exact) mass is 432 g/mol. The first-order chi connectivity index (χ1) is 14.1. The molecule has 3 aromatic rings. The molecule has 29 heavy (non-hydrogen) atoms. The Labute approximate surface area is 179 Å². The van der Waals surface area contributed by atoms with Crippen molar-refractivity contribution in [3.8, 4) is 0 Å². The number of furan rings is 1. The lowest BCUT2D eigenvalue weighted by molar-refractivity contribution is 0.0991. The number of nitrogens with zero attached hydrogens (tertiary/aromatic N) is 3. The molecule has 0 radical (unpaired) electrons.